The number of aromatic nitrogens is 1. The third-order valence-corrected chi connectivity index (χ3v) is 4.02. The molecule has 3 rings (SSSR count). The maximum Gasteiger partial charge on any atom is 0.251 e. The molecule has 0 saturated heterocycles. The Morgan fingerprint density at radius 2 is 1.85 bits per heavy atom. The number of nitrogens with one attached hydrogen (secondary N) is 1. The summed E-state index contributed by atoms with van der Waals surface area (Å²) in [4.78, 5) is 37.8. The first kappa shape index (κ1) is 17.7. The summed E-state index contributed by atoms with van der Waals surface area (Å²) < 4.78 is 6.27. The monoisotopic (exact) mass is 370 g/mol. The molecule has 1 aromatic carbocycles. The Kier molecular flexibility index (Phi) is 5.34. The van der Waals surface area contributed by atoms with Crippen LogP contribution in [0.15, 0.2) is 76.3 Å². The summed E-state index contributed by atoms with van der Waals surface area (Å²) in [6, 6.07) is 12.6. The molecule has 2 aromatic heterocycles. The number of rotatable bonds is 6. The van der Waals surface area contributed by atoms with Crippen LogP contribution in [0, 0.1) is 0 Å². The molecule has 0 spiro atoms. The second-order valence-corrected chi connectivity index (χ2v) is 5.95. The van der Waals surface area contributed by atoms with Crippen LogP contribution in [0.25, 0.3) is 0 Å². The quantitative estimate of drug-likeness (QED) is 0.534. The summed E-state index contributed by atoms with van der Waals surface area (Å²) in [5.41, 5.74) is -0.170. The second kappa shape index (κ2) is 7.84. The molecule has 0 fully saturated rings. The van der Waals surface area contributed by atoms with E-state index in [0.29, 0.717) is 10.8 Å². The van der Waals surface area contributed by atoms with E-state index in [0.717, 1.165) is 4.57 Å². The molecule has 1 N–H and O–H groups in total. The number of ketones is 1. The third-order valence-electron chi connectivity index (χ3n) is 3.77. The zero-order valence-corrected chi connectivity index (χ0v) is 14.3. The lowest BCUT2D eigenvalue weighted by Crippen LogP contribution is -2.40. The van der Waals surface area contributed by atoms with Crippen LogP contribution in [0.3, 0.4) is 0 Å². The van der Waals surface area contributed by atoms with Gasteiger partial charge in [0.1, 0.15) is 5.76 Å². The molecule has 1 atom stereocenters. The van der Waals surface area contributed by atoms with E-state index in [9.17, 15) is 14.4 Å². The van der Waals surface area contributed by atoms with E-state index in [-0.39, 0.29) is 12.1 Å². The van der Waals surface area contributed by atoms with Gasteiger partial charge in [-0.15, -0.1) is 0 Å². The highest BCUT2D eigenvalue weighted by Gasteiger charge is 2.30. The number of nitrogens with zero attached hydrogens (tertiary/aromatic N) is 1. The predicted octanol–water partition coefficient (Wildman–Crippen LogP) is 2.84. The molecular weight excluding hydrogens is 356 g/mol. The molecule has 132 valence electrons. The molecule has 0 saturated carbocycles. The van der Waals surface area contributed by atoms with E-state index in [2.05, 4.69) is 5.32 Å². The number of halogens is 1. The van der Waals surface area contributed by atoms with Crippen molar-refractivity contribution < 1.29 is 14.0 Å². The number of hydrogen-bond acceptors (Lipinski definition) is 4. The van der Waals surface area contributed by atoms with Gasteiger partial charge in [-0.1, -0.05) is 17.7 Å². The molecule has 3 aromatic rings. The van der Waals surface area contributed by atoms with Gasteiger partial charge in [0.15, 0.2) is 11.8 Å². The maximum absolute atomic E-state index is 12.9. The van der Waals surface area contributed by atoms with Gasteiger partial charge < -0.3 is 9.73 Å². The first-order chi connectivity index (χ1) is 12.6. The van der Waals surface area contributed by atoms with E-state index in [1.165, 1.54) is 30.7 Å². The molecule has 1 unspecified atom stereocenters. The highest BCUT2D eigenvalue weighted by molar-refractivity contribution is 6.30. The van der Waals surface area contributed by atoms with Crippen LogP contribution in [0.4, 0.5) is 0 Å². The first-order valence-corrected chi connectivity index (χ1v) is 8.21. The minimum Gasteiger partial charge on any atom is -0.467 e. The number of Topliss-reactive ketones (excluding diaryl/α,β-unsaturated/α-hetero) is 1. The Labute approximate surface area is 154 Å². The molecule has 0 bridgehead atoms. The van der Waals surface area contributed by atoms with Gasteiger partial charge in [0.2, 0.25) is 0 Å². The maximum atomic E-state index is 12.9. The molecule has 0 aliphatic heterocycles. The Bertz CT molecular complexity index is 962. The van der Waals surface area contributed by atoms with Crippen molar-refractivity contribution in [2.24, 2.45) is 0 Å². The van der Waals surface area contributed by atoms with Gasteiger partial charge in [0.25, 0.3) is 11.5 Å². The largest absolute Gasteiger partial charge is 0.467 e. The van der Waals surface area contributed by atoms with Gasteiger partial charge in [-0.2, -0.15) is 0 Å². The lowest BCUT2D eigenvalue weighted by Gasteiger charge is -2.18. The Morgan fingerprint density at radius 1 is 1.08 bits per heavy atom. The smallest absolute Gasteiger partial charge is 0.251 e. The highest BCUT2D eigenvalue weighted by Crippen LogP contribution is 2.17. The summed E-state index contributed by atoms with van der Waals surface area (Å²) in [5, 5.41) is 3.10. The average molecular weight is 371 g/mol. The zero-order chi connectivity index (χ0) is 18.5. The molecule has 7 heteroatoms. The summed E-state index contributed by atoms with van der Waals surface area (Å²) in [5.74, 6) is -0.571. The molecule has 6 nitrogen and oxygen atoms in total. The van der Waals surface area contributed by atoms with Crippen molar-refractivity contribution in [2.75, 3.05) is 0 Å². The normalized spacial score (nSPS) is 11.7. The standard InChI is InChI=1S/C19H15ClN2O4/c20-14-8-6-13(7-9-14)18(24)17(22-10-2-1-5-16(22)23)19(25)21-12-15-4-3-11-26-15/h1-11,17H,12H2,(H,21,25). The molecule has 26 heavy (non-hydrogen) atoms. The number of carbonyl (C=O) groups excluding carboxylic acids is 2. The van der Waals surface area contributed by atoms with E-state index in [1.54, 1.807) is 36.4 Å². The van der Waals surface area contributed by atoms with Crippen molar-refractivity contribution >= 4 is 23.3 Å². The molecule has 2 heterocycles. The van der Waals surface area contributed by atoms with Crippen LogP contribution in [0.5, 0.6) is 0 Å². The number of carbonyl (C=O) groups is 2. The third kappa shape index (κ3) is 3.92. The van der Waals surface area contributed by atoms with Crippen molar-refractivity contribution in [2.45, 2.75) is 12.6 Å². The van der Waals surface area contributed by atoms with E-state index in [4.69, 9.17) is 16.0 Å². The van der Waals surface area contributed by atoms with Crippen molar-refractivity contribution in [1.82, 2.24) is 9.88 Å². The van der Waals surface area contributed by atoms with Crippen LogP contribution >= 0.6 is 11.6 Å². The van der Waals surface area contributed by atoms with Gasteiger partial charge in [-0.25, -0.2) is 0 Å². The lowest BCUT2D eigenvalue weighted by molar-refractivity contribution is -0.123. The molecule has 0 radical (unpaired) electrons. The average Bonchev–Trinajstić information content (AvgIpc) is 3.16. The van der Waals surface area contributed by atoms with E-state index in [1.807, 2.05) is 0 Å². The van der Waals surface area contributed by atoms with Crippen LogP contribution in [-0.2, 0) is 11.3 Å². The van der Waals surface area contributed by atoms with Gasteiger partial charge in [0, 0.05) is 22.8 Å². The fraction of sp³-hybridized carbons (Fsp3) is 0.105. The van der Waals surface area contributed by atoms with Crippen LogP contribution in [-0.4, -0.2) is 16.3 Å². The van der Waals surface area contributed by atoms with E-state index < -0.39 is 23.3 Å². The summed E-state index contributed by atoms with van der Waals surface area (Å²) >= 11 is 5.85. The molecule has 0 aliphatic rings. The molecule has 0 aliphatic carbocycles. The van der Waals surface area contributed by atoms with Crippen LogP contribution in [0.2, 0.25) is 5.02 Å². The van der Waals surface area contributed by atoms with E-state index >= 15 is 0 Å². The van der Waals surface area contributed by atoms with Gasteiger partial charge >= 0.3 is 0 Å². The van der Waals surface area contributed by atoms with Crippen LogP contribution < -0.4 is 10.9 Å². The van der Waals surface area contributed by atoms with Crippen LogP contribution in [0.1, 0.15) is 22.2 Å². The Hall–Kier alpha value is -3.12. The van der Waals surface area contributed by atoms with Gasteiger partial charge in [0.05, 0.1) is 12.8 Å². The molecular formula is C19H15ClN2O4. The molecule has 1 amide bonds. The number of pyridine rings is 1. The SMILES string of the molecule is O=C(NCc1ccco1)C(C(=O)c1ccc(Cl)cc1)n1ccccc1=O. The highest BCUT2D eigenvalue weighted by atomic mass is 35.5. The van der Waals surface area contributed by atoms with Crippen molar-refractivity contribution in [3.63, 3.8) is 0 Å². The first-order valence-electron chi connectivity index (χ1n) is 7.83. The van der Waals surface area contributed by atoms with Crippen molar-refractivity contribution in [3.05, 3.63) is 93.8 Å². The number of amides is 1. The second-order valence-electron chi connectivity index (χ2n) is 5.52. The topological polar surface area (TPSA) is 81.3 Å². The fourth-order valence-corrected chi connectivity index (χ4v) is 2.61. The summed E-state index contributed by atoms with van der Waals surface area (Å²) in [7, 11) is 0. The number of benzene rings is 1. The zero-order valence-electron chi connectivity index (χ0n) is 13.6. The lowest BCUT2D eigenvalue weighted by atomic mass is 10.0. The number of hydrogen-bond donors (Lipinski definition) is 1. The number of furan rings is 1. The van der Waals surface area contributed by atoms with Gasteiger partial charge in [-0.05, 0) is 42.5 Å². The Morgan fingerprint density at radius 3 is 2.50 bits per heavy atom. The van der Waals surface area contributed by atoms with Crippen molar-refractivity contribution in [1.29, 1.82) is 0 Å². The van der Waals surface area contributed by atoms with Gasteiger partial charge in [-0.3, -0.25) is 19.0 Å². The van der Waals surface area contributed by atoms with Crippen molar-refractivity contribution in [3.8, 4) is 0 Å². The minimum absolute atomic E-state index is 0.109. The predicted molar refractivity (Wildman–Crippen MR) is 96.1 cm³/mol. The summed E-state index contributed by atoms with van der Waals surface area (Å²) in [6.07, 6.45) is 2.90. The fourth-order valence-electron chi connectivity index (χ4n) is 2.48. The Balaban J connectivity index is 1.92. The summed E-state index contributed by atoms with van der Waals surface area (Å²) in [6.45, 7) is 0.109. The minimum atomic E-state index is -1.33.